The molecule has 9 heteroatoms. The Morgan fingerprint density at radius 1 is 1.50 bits per heavy atom. The van der Waals surface area contributed by atoms with Crippen LogP contribution in [0.3, 0.4) is 0 Å². The van der Waals surface area contributed by atoms with E-state index in [1.165, 1.54) is 26.3 Å². The van der Waals surface area contributed by atoms with Gasteiger partial charge in [0.15, 0.2) is 0 Å². The Bertz CT molecular complexity index is 553. The maximum atomic E-state index is 12.2. The van der Waals surface area contributed by atoms with Crippen LogP contribution < -0.4 is 0 Å². The molecule has 1 unspecified atom stereocenters. The van der Waals surface area contributed by atoms with Crippen molar-refractivity contribution in [1.82, 2.24) is 4.31 Å². The zero-order valence-corrected chi connectivity index (χ0v) is 12.8. The smallest absolute Gasteiger partial charge is 0.308 e. The van der Waals surface area contributed by atoms with E-state index in [1.807, 2.05) is 0 Å². The number of aliphatic hydroxyl groups excluding tert-OH is 1. The van der Waals surface area contributed by atoms with Crippen molar-refractivity contribution < 1.29 is 28.2 Å². The van der Waals surface area contributed by atoms with Gasteiger partial charge in [0.25, 0.3) is 10.0 Å². The highest BCUT2D eigenvalue weighted by Crippen LogP contribution is 2.24. The number of carboxylic acid groups (broad SMARTS) is 1. The van der Waals surface area contributed by atoms with Crippen LogP contribution in [-0.2, 0) is 26.0 Å². The van der Waals surface area contributed by atoms with Crippen LogP contribution in [0.2, 0.25) is 0 Å². The van der Waals surface area contributed by atoms with Gasteiger partial charge in [-0.15, -0.1) is 11.3 Å². The van der Waals surface area contributed by atoms with E-state index in [4.69, 9.17) is 9.84 Å². The second-order valence-corrected chi connectivity index (χ2v) is 7.63. The van der Waals surface area contributed by atoms with Crippen LogP contribution in [0, 0.1) is 0 Å². The van der Waals surface area contributed by atoms with Gasteiger partial charge in [0.1, 0.15) is 4.21 Å². The van der Waals surface area contributed by atoms with Crippen molar-refractivity contribution in [1.29, 1.82) is 0 Å². The Morgan fingerprint density at radius 2 is 2.15 bits per heavy atom. The first kappa shape index (κ1) is 17.1. The summed E-state index contributed by atoms with van der Waals surface area (Å²) in [6.07, 6.45) is -1.13. The minimum atomic E-state index is -3.72. The first-order chi connectivity index (χ1) is 9.27. The van der Waals surface area contributed by atoms with Gasteiger partial charge in [0.2, 0.25) is 0 Å². The normalized spacial score (nSPS) is 13.6. The quantitative estimate of drug-likeness (QED) is 0.698. The van der Waals surface area contributed by atoms with Crippen LogP contribution in [0.4, 0.5) is 0 Å². The van der Waals surface area contributed by atoms with Gasteiger partial charge in [0.05, 0.1) is 19.1 Å². The Balaban J connectivity index is 2.82. The van der Waals surface area contributed by atoms with Gasteiger partial charge in [-0.05, 0) is 12.1 Å². The molecule has 114 valence electrons. The van der Waals surface area contributed by atoms with Crippen LogP contribution in [-0.4, -0.2) is 62.3 Å². The maximum Gasteiger partial charge on any atom is 0.308 e. The van der Waals surface area contributed by atoms with Crippen molar-refractivity contribution in [3.05, 3.63) is 17.0 Å². The number of thiophene rings is 1. The Hall–Kier alpha value is -1.00. The molecule has 0 fully saturated rings. The molecule has 1 atom stereocenters. The average Bonchev–Trinajstić information content (AvgIpc) is 2.77. The number of rotatable bonds is 8. The number of aliphatic carboxylic acids is 1. The summed E-state index contributed by atoms with van der Waals surface area (Å²) in [5.74, 6) is -1.01. The average molecular weight is 323 g/mol. The van der Waals surface area contributed by atoms with Crippen molar-refractivity contribution in [3.63, 3.8) is 0 Å². The summed E-state index contributed by atoms with van der Waals surface area (Å²) < 4.78 is 30.2. The zero-order chi connectivity index (χ0) is 15.3. The molecule has 0 aliphatic heterocycles. The molecule has 2 N–H and O–H groups in total. The molecule has 1 heterocycles. The summed E-state index contributed by atoms with van der Waals surface area (Å²) in [6, 6.07) is 2.85. The SMILES string of the molecule is COCC(O)CN(C)S(=O)(=O)c1ccc(CC(=O)O)s1. The molecule has 0 aliphatic carbocycles. The first-order valence-corrected chi connectivity index (χ1v) is 7.97. The summed E-state index contributed by atoms with van der Waals surface area (Å²) >= 11 is 0.914. The monoisotopic (exact) mass is 323 g/mol. The lowest BCUT2D eigenvalue weighted by atomic mass is 10.3. The van der Waals surface area contributed by atoms with E-state index in [0.29, 0.717) is 4.88 Å². The second-order valence-electron chi connectivity index (χ2n) is 4.19. The molecule has 20 heavy (non-hydrogen) atoms. The molecule has 1 rings (SSSR count). The van der Waals surface area contributed by atoms with Crippen LogP contribution in [0.5, 0.6) is 0 Å². The Morgan fingerprint density at radius 3 is 2.70 bits per heavy atom. The lowest BCUT2D eigenvalue weighted by Gasteiger charge is -2.19. The van der Waals surface area contributed by atoms with Crippen molar-refractivity contribution in [2.45, 2.75) is 16.7 Å². The molecule has 0 amide bonds. The van der Waals surface area contributed by atoms with Gasteiger partial charge in [-0.2, -0.15) is 4.31 Å². The fourth-order valence-electron chi connectivity index (χ4n) is 1.53. The number of nitrogens with zero attached hydrogens (tertiary/aromatic N) is 1. The van der Waals surface area contributed by atoms with Crippen molar-refractivity contribution in [3.8, 4) is 0 Å². The molecule has 7 nitrogen and oxygen atoms in total. The lowest BCUT2D eigenvalue weighted by molar-refractivity contribution is -0.136. The molecular weight excluding hydrogens is 306 g/mol. The predicted octanol–water partition coefficient (Wildman–Crippen LogP) is 0.00300. The molecule has 0 bridgehead atoms. The molecule has 1 aromatic heterocycles. The third kappa shape index (κ3) is 4.53. The van der Waals surface area contributed by atoms with E-state index in [-0.39, 0.29) is 23.8 Å². The van der Waals surface area contributed by atoms with E-state index in [9.17, 15) is 18.3 Å². The van der Waals surface area contributed by atoms with E-state index in [1.54, 1.807) is 0 Å². The number of ether oxygens (including phenoxy) is 1. The third-order valence-corrected chi connectivity index (χ3v) is 5.83. The van der Waals surface area contributed by atoms with Gasteiger partial charge in [-0.3, -0.25) is 4.79 Å². The van der Waals surface area contributed by atoms with Crippen LogP contribution in [0.25, 0.3) is 0 Å². The predicted molar refractivity (Wildman–Crippen MR) is 73.4 cm³/mol. The van der Waals surface area contributed by atoms with Crippen LogP contribution >= 0.6 is 11.3 Å². The fraction of sp³-hybridized carbons (Fsp3) is 0.545. The number of likely N-dealkylation sites (N-methyl/N-ethyl adjacent to an activating group) is 1. The summed E-state index contributed by atoms with van der Waals surface area (Å²) in [5, 5.41) is 18.2. The van der Waals surface area contributed by atoms with Gasteiger partial charge >= 0.3 is 5.97 Å². The molecule has 0 spiro atoms. The third-order valence-electron chi connectivity index (χ3n) is 2.45. The van der Waals surface area contributed by atoms with Crippen molar-refractivity contribution >= 4 is 27.3 Å². The Kier molecular flexibility index (Phi) is 6.08. The fourth-order valence-corrected chi connectivity index (χ4v) is 4.30. The van der Waals surface area contributed by atoms with E-state index in [0.717, 1.165) is 15.6 Å². The van der Waals surface area contributed by atoms with Crippen molar-refractivity contribution in [2.75, 3.05) is 27.3 Å². The number of hydrogen-bond donors (Lipinski definition) is 2. The lowest BCUT2D eigenvalue weighted by Crippen LogP contribution is -2.35. The summed E-state index contributed by atoms with van der Waals surface area (Å²) in [7, 11) is -0.960. The van der Waals surface area contributed by atoms with Gasteiger partial charge in [-0.25, -0.2) is 8.42 Å². The summed E-state index contributed by atoms with van der Waals surface area (Å²) in [5.41, 5.74) is 0. The van der Waals surface area contributed by atoms with Crippen LogP contribution in [0.15, 0.2) is 16.3 Å². The highest BCUT2D eigenvalue weighted by Gasteiger charge is 2.25. The molecule has 0 radical (unpaired) electrons. The highest BCUT2D eigenvalue weighted by molar-refractivity contribution is 7.91. The second kappa shape index (κ2) is 7.14. The summed E-state index contributed by atoms with van der Waals surface area (Å²) in [4.78, 5) is 11.0. The molecule has 0 aromatic carbocycles. The molecule has 0 saturated carbocycles. The van der Waals surface area contributed by atoms with Crippen molar-refractivity contribution in [2.24, 2.45) is 0 Å². The van der Waals surface area contributed by atoms with Crippen LogP contribution in [0.1, 0.15) is 4.88 Å². The van der Waals surface area contributed by atoms with E-state index in [2.05, 4.69) is 0 Å². The van der Waals surface area contributed by atoms with E-state index >= 15 is 0 Å². The number of sulfonamides is 1. The molecular formula is C11H17NO6S2. The number of methoxy groups -OCH3 is 1. The number of hydrogen-bond acceptors (Lipinski definition) is 6. The molecule has 0 aliphatic rings. The Labute approximate surface area is 121 Å². The largest absolute Gasteiger partial charge is 0.481 e. The first-order valence-electron chi connectivity index (χ1n) is 5.71. The van der Waals surface area contributed by atoms with Gasteiger partial charge in [0, 0.05) is 25.6 Å². The number of carboxylic acids is 1. The zero-order valence-electron chi connectivity index (χ0n) is 11.1. The number of carbonyl (C=O) groups is 1. The van der Waals surface area contributed by atoms with Gasteiger partial charge in [-0.1, -0.05) is 0 Å². The van der Waals surface area contributed by atoms with E-state index < -0.39 is 22.1 Å². The molecule has 0 saturated heterocycles. The minimum absolute atomic E-state index is 0.0363. The number of aliphatic hydroxyl groups is 1. The van der Waals surface area contributed by atoms with Gasteiger partial charge < -0.3 is 14.9 Å². The highest BCUT2D eigenvalue weighted by atomic mass is 32.2. The molecule has 1 aromatic rings. The maximum absolute atomic E-state index is 12.2. The standard InChI is InChI=1S/C11H17NO6S2/c1-12(6-8(13)7-18-2)20(16,17)11-4-3-9(19-11)5-10(14)15/h3-4,8,13H,5-7H2,1-2H3,(H,14,15). The minimum Gasteiger partial charge on any atom is -0.481 e. The summed E-state index contributed by atoms with van der Waals surface area (Å²) in [6.45, 7) is -0.0586. The topological polar surface area (TPSA) is 104 Å².